The minimum atomic E-state index is -2.63. The zero-order valence-corrected chi connectivity index (χ0v) is 13.2. The quantitative estimate of drug-likeness (QED) is 0.609. The Hall–Kier alpha value is -2.62. The molecule has 0 radical (unpaired) electrons. The molecular formula is C15H16F3N5O2. The van der Waals surface area contributed by atoms with Crippen LogP contribution in [-0.2, 0) is 6.54 Å². The van der Waals surface area contributed by atoms with Crippen molar-refractivity contribution in [1.82, 2.24) is 14.5 Å². The van der Waals surface area contributed by atoms with E-state index in [1.807, 2.05) is 4.90 Å². The van der Waals surface area contributed by atoms with Crippen LogP contribution in [0, 0.1) is 15.9 Å². The van der Waals surface area contributed by atoms with E-state index in [1.54, 1.807) is 4.90 Å². The van der Waals surface area contributed by atoms with Crippen LogP contribution in [0.1, 0.15) is 12.4 Å². The number of piperazine rings is 1. The van der Waals surface area contributed by atoms with Crippen LogP contribution in [0.15, 0.2) is 30.6 Å². The summed E-state index contributed by atoms with van der Waals surface area (Å²) in [5.41, 5.74) is 0.0121. The van der Waals surface area contributed by atoms with Gasteiger partial charge in [-0.3, -0.25) is 19.6 Å². The highest BCUT2D eigenvalue weighted by molar-refractivity contribution is 5.52. The summed E-state index contributed by atoms with van der Waals surface area (Å²) in [5.74, 6) is -0.360. The van der Waals surface area contributed by atoms with Crippen molar-refractivity contribution >= 4 is 11.4 Å². The molecule has 7 nitrogen and oxygen atoms in total. The molecule has 10 heteroatoms. The first-order chi connectivity index (χ1) is 12.0. The van der Waals surface area contributed by atoms with Crippen LogP contribution < -0.4 is 4.90 Å². The number of nitro groups is 1. The molecule has 2 aromatic rings. The molecule has 1 aromatic heterocycles. The maximum atomic E-state index is 14.1. The summed E-state index contributed by atoms with van der Waals surface area (Å²) in [6, 6.07) is 3.57. The van der Waals surface area contributed by atoms with Crippen LogP contribution >= 0.6 is 0 Å². The van der Waals surface area contributed by atoms with Crippen molar-refractivity contribution in [1.29, 1.82) is 0 Å². The maximum absolute atomic E-state index is 14.1. The van der Waals surface area contributed by atoms with Crippen molar-refractivity contribution in [2.75, 3.05) is 31.1 Å². The Bertz CT molecular complexity index is 759. The number of rotatable bonds is 5. The van der Waals surface area contributed by atoms with E-state index in [4.69, 9.17) is 0 Å². The van der Waals surface area contributed by atoms with Gasteiger partial charge in [0.15, 0.2) is 5.82 Å². The first-order valence-electron chi connectivity index (χ1n) is 7.67. The van der Waals surface area contributed by atoms with E-state index in [1.165, 1.54) is 24.5 Å². The molecule has 0 saturated carbocycles. The molecule has 25 heavy (non-hydrogen) atoms. The van der Waals surface area contributed by atoms with Crippen LogP contribution in [0.5, 0.6) is 0 Å². The number of nitrogens with zero attached hydrogens (tertiary/aromatic N) is 5. The molecule has 134 valence electrons. The van der Waals surface area contributed by atoms with E-state index >= 15 is 0 Å². The standard InChI is InChI=1S/C15H16F3N5O2/c16-12-9-11(23(24)25)1-2-13(12)21-7-5-20(6-8-21)10-14-19-3-4-22(14)15(17)18/h1-4,9,15H,5-8,10H2. The molecule has 1 saturated heterocycles. The number of hydrogen-bond acceptors (Lipinski definition) is 5. The molecule has 0 N–H and O–H groups in total. The van der Waals surface area contributed by atoms with Gasteiger partial charge in [-0.15, -0.1) is 0 Å². The van der Waals surface area contributed by atoms with E-state index < -0.39 is 17.3 Å². The summed E-state index contributed by atoms with van der Waals surface area (Å²) in [6.07, 6.45) is 2.58. The van der Waals surface area contributed by atoms with Gasteiger partial charge >= 0.3 is 6.55 Å². The highest BCUT2D eigenvalue weighted by Crippen LogP contribution is 2.25. The molecule has 0 spiro atoms. The van der Waals surface area contributed by atoms with Crippen molar-refractivity contribution < 1.29 is 18.1 Å². The molecule has 0 bridgehead atoms. The Labute approximate surface area is 141 Å². The van der Waals surface area contributed by atoms with Crippen LogP contribution in [-0.4, -0.2) is 45.6 Å². The predicted molar refractivity (Wildman–Crippen MR) is 84.0 cm³/mol. The predicted octanol–water partition coefficient (Wildman–Crippen LogP) is 2.65. The second-order valence-corrected chi connectivity index (χ2v) is 5.68. The molecule has 2 heterocycles. The number of benzene rings is 1. The second kappa shape index (κ2) is 7.09. The maximum Gasteiger partial charge on any atom is 0.319 e. The molecule has 1 aromatic carbocycles. The number of imidazole rings is 1. The zero-order chi connectivity index (χ0) is 18.0. The summed E-state index contributed by atoms with van der Waals surface area (Å²) >= 11 is 0. The number of anilines is 1. The largest absolute Gasteiger partial charge is 0.367 e. The van der Waals surface area contributed by atoms with Gasteiger partial charge in [0.2, 0.25) is 0 Å². The molecule has 0 unspecified atom stereocenters. The van der Waals surface area contributed by atoms with Gasteiger partial charge in [-0.1, -0.05) is 0 Å². The number of aromatic nitrogens is 2. The molecule has 0 atom stereocenters. The van der Waals surface area contributed by atoms with Crippen molar-refractivity contribution in [3.63, 3.8) is 0 Å². The van der Waals surface area contributed by atoms with Gasteiger partial charge in [0.25, 0.3) is 5.69 Å². The van der Waals surface area contributed by atoms with E-state index in [2.05, 4.69) is 4.98 Å². The van der Waals surface area contributed by atoms with Gasteiger partial charge in [0.1, 0.15) is 5.82 Å². The van der Waals surface area contributed by atoms with Gasteiger partial charge in [-0.25, -0.2) is 9.37 Å². The number of halogens is 3. The molecule has 1 aliphatic rings. The Morgan fingerprint density at radius 3 is 2.56 bits per heavy atom. The number of non-ortho nitro benzene ring substituents is 1. The minimum absolute atomic E-state index is 0.282. The van der Waals surface area contributed by atoms with Crippen molar-refractivity contribution in [3.05, 3.63) is 52.3 Å². The van der Waals surface area contributed by atoms with Gasteiger partial charge in [0.05, 0.1) is 23.2 Å². The molecule has 1 aliphatic heterocycles. The van der Waals surface area contributed by atoms with Crippen LogP contribution in [0.25, 0.3) is 0 Å². The van der Waals surface area contributed by atoms with Crippen molar-refractivity contribution in [2.45, 2.75) is 13.1 Å². The third kappa shape index (κ3) is 3.73. The van der Waals surface area contributed by atoms with Gasteiger partial charge < -0.3 is 4.90 Å². The minimum Gasteiger partial charge on any atom is -0.367 e. The summed E-state index contributed by atoms with van der Waals surface area (Å²) in [6.45, 7) is -0.269. The smallest absolute Gasteiger partial charge is 0.319 e. The van der Waals surface area contributed by atoms with Gasteiger partial charge in [-0.05, 0) is 6.07 Å². The average Bonchev–Trinajstić information content (AvgIpc) is 3.04. The fourth-order valence-electron chi connectivity index (χ4n) is 2.86. The third-order valence-electron chi connectivity index (χ3n) is 4.18. The Morgan fingerprint density at radius 2 is 1.96 bits per heavy atom. The van der Waals surface area contributed by atoms with Crippen LogP contribution in [0.4, 0.5) is 24.5 Å². The van der Waals surface area contributed by atoms with Crippen LogP contribution in [0.2, 0.25) is 0 Å². The van der Waals surface area contributed by atoms with Gasteiger partial charge in [0, 0.05) is 44.6 Å². The first-order valence-corrected chi connectivity index (χ1v) is 7.67. The lowest BCUT2D eigenvalue weighted by molar-refractivity contribution is -0.385. The normalized spacial score (nSPS) is 15.8. The zero-order valence-electron chi connectivity index (χ0n) is 13.2. The average molecular weight is 355 g/mol. The number of hydrogen-bond donors (Lipinski definition) is 0. The lowest BCUT2D eigenvalue weighted by Gasteiger charge is -2.36. The Balaban J connectivity index is 1.62. The Kier molecular flexibility index (Phi) is 4.88. The summed E-state index contributed by atoms with van der Waals surface area (Å²) < 4.78 is 40.6. The molecule has 0 aliphatic carbocycles. The van der Waals surface area contributed by atoms with Gasteiger partial charge in [-0.2, -0.15) is 8.78 Å². The second-order valence-electron chi connectivity index (χ2n) is 5.68. The van der Waals surface area contributed by atoms with Crippen molar-refractivity contribution in [2.24, 2.45) is 0 Å². The summed E-state index contributed by atoms with van der Waals surface area (Å²) in [7, 11) is 0. The molecule has 1 fully saturated rings. The molecule has 3 rings (SSSR count). The highest BCUT2D eigenvalue weighted by Gasteiger charge is 2.22. The summed E-state index contributed by atoms with van der Waals surface area (Å²) in [4.78, 5) is 17.7. The van der Waals surface area contributed by atoms with E-state index in [0.29, 0.717) is 31.9 Å². The lowest BCUT2D eigenvalue weighted by atomic mass is 10.2. The topological polar surface area (TPSA) is 67.4 Å². The van der Waals surface area contributed by atoms with E-state index in [9.17, 15) is 23.3 Å². The first kappa shape index (κ1) is 17.2. The fraction of sp³-hybridized carbons (Fsp3) is 0.400. The van der Waals surface area contributed by atoms with Crippen LogP contribution in [0.3, 0.4) is 0 Å². The third-order valence-corrected chi connectivity index (χ3v) is 4.18. The molecular weight excluding hydrogens is 339 g/mol. The van der Waals surface area contributed by atoms with E-state index in [0.717, 1.165) is 10.6 Å². The SMILES string of the molecule is O=[N+]([O-])c1ccc(N2CCN(Cc3nccn3C(F)F)CC2)c(F)c1. The Morgan fingerprint density at radius 1 is 1.24 bits per heavy atom. The fourth-order valence-corrected chi connectivity index (χ4v) is 2.86. The molecule has 0 amide bonds. The number of nitro benzene ring substituents is 1. The van der Waals surface area contributed by atoms with E-state index in [-0.39, 0.29) is 18.1 Å². The number of alkyl halides is 2. The van der Waals surface area contributed by atoms with Crippen molar-refractivity contribution in [3.8, 4) is 0 Å². The lowest BCUT2D eigenvalue weighted by Crippen LogP contribution is -2.46. The monoisotopic (exact) mass is 355 g/mol. The highest BCUT2D eigenvalue weighted by atomic mass is 19.3. The summed E-state index contributed by atoms with van der Waals surface area (Å²) in [5, 5.41) is 10.7.